The second-order valence-corrected chi connectivity index (χ2v) is 5.33. The molecule has 1 unspecified atom stereocenters. The zero-order valence-corrected chi connectivity index (χ0v) is 13.7. The van der Waals surface area contributed by atoms with E-state index < -0.39 is 16.9 Å². The summed E-state index contributed by atoms with van der Waals surface area (Å²) in [6, 6.07) is 4.76. The van der Waals surface area contributed by atoms with Crippen molar-refractivity contribution in [2.75, 3.05) is 13.1 Å². The van der Waals surface area contributed by atoms with Crippen molar-refractivity contribution in [3.8, 4) is 0 Å². The number of hydrogen-bond donors (Lipinski definition) is 1. The van der Waals surface area contributed by atoms with Gasteiger partial charge in [-0.2, -0.15) is 0 Å². The van der Waals surface area contributed by atoms with Crippen LogP contribution in [-0.2, 0) is 4.79 Å². The molecular weight excluding hydrogens is 298 g/mol. The molecule has 0 saturated heterocycles. The topological polar surface area (TPSA) is 92.6 Å². The predicted molar refractivity (Wildman–Crippen MR) is 87.2 cm³/mol. The molecule has 0 aromatic heterocycles. The normalized spacial score (nSPS) is 11.6. The van der Waals surface area contributed by atoms with Gasteiger partial charge in [0.2, 0.25) is 5.91 Å². The predicted octanol–water partition coefficient (Wildman–Crippen LogP) is 2.36. The lowest BCUT2D eigenvalue weighted by atomic mass is 10.1. The Morgan fingerprint density at radius 3 is 2.39 bits per heavy atom. The van der Waals surface area contributed by atoms with Crippen LogP contribution in [0.1, 0.15) is 44.0 Å². The van der Waals surface area contributed by atoms with Crippen molar-refractivity contribution >= 4 is 17.5 Å². The van der Waals surface area contributed by atoms with Crippen molar-refractivity contribution < 1.29 is 14.5 Å². The summed E-state index contributed by atoms with van der Waals surface area (Å²) in [5.41, 5.74) is 0.00612. The highest BCUT2D eigenvalue weighted by atomic mass is 16.6. The highest BCUT2D eigenvalue weighted by molar-refractivity contribution is 5.97. The molecule has 2 amide bonds. The number of nitrogens with zero attached hydrogens (tertiary/aromatic N) is 2. The summed E-state index contributed by atoms with van der Waals surface area (Å²) in [6.45, 7) is 6.88. The minimum atomic E-state index is -0.681. The van der Waals surface area contributed by atoms with E-state index in [-0.39, 0.29) is 17.2 Å². The lowest BCUT2D eigenvalue weighted by molar-refractivity contribution is -0.384. The number of benzene rings is 1. The average Bonchev–Trinajstić information content (AvgIpc) is 2.53. The van der Waals surface area contributed by atoms with Crippen LogP contribution in [0.15, 0.2) is 24.3 Å². The van der Waals surface area contributed by atoms with Crippen LogP contribution in [0.5, 0.6) is 0 Å². The molecule has 0 aliphatic carbocycles. The van der Waals surface area contributed by atoms with Crippen LogP contribution in [0.25, 0.3) is 0 Å². The highest BCUT2D eigenvalue weighted by Crippen LogP contribution is 2.13. The van der Waals surface area contributed by atoms with Crippen LogP contribution in [0, 0.1) is 10.1 Å². The minimum absolute atomic E-state index is 0.146. The number of hydrogen-bond acceptors (Lipinski definition) is 4. The first-order chi connectivity index (χ1) is 10.9. The van der Waals surface area contributed by atoms with Crippen LogP contribution in [0.3, 0.4) is 0 Å². The first-order valence-electron chi connectivity index (χ1n) is 7.74. The highest BCUT2D eigenvalue weighted by Gasteiger charge is 2.22. The van der Waals surface area contributed by atoms with Gasteiger partial charge in [-0.3, -0.25) is 19.7 Å². The van der Waals surface area contributed by atoms with E-state index in [9.17, 15) is 19.7 Å². The first kappa shape index (κ1) is 18.6. The van der Waals surface area contributed by atoms with Gasteiger partial charge in [0.25, 0.3) is 11.6 Å². The van der Waals surface area contributed by atoms with Gasteiger partial charge in [0.05, 0.1) is 4.92 Å². The van der Waals surface area contributed by atoms with Gasteiger partial charge in [-0.25, -0.2) is 0 Å². The van der Waals surface area contributed by atoms with E-state index in [1.54, 1.807) is 11.8 Å². The number of nitro groups is 1. The molecule has 0 heterocycles. The van der Waals surface area contributed by atoms with Gasteiger partial charge in [-0.1, -0.05) is 19.9 Å². The Balaban J connectivity index is 2.77. The molecule has 23 heavy (non-hydrogen) atoms. The maximum atomic E-state index is 12.4. The largest absolute Gasteiger partial charge is 0.341 e. The summed E-state index contributed by atoms with van der Waals surface area (Å²) in [5.74, 6) is -0.644. The molecule has 0 bridgehead atoms. The molecule has 126 valence electrons. The first-order valence-corrected chi connectivity index (χ1v) is 7.74. The minimum Gasteiger partial charge on any atom is -0.341 e. The van der Waals surface area contributed by atoms with Crippen LogP contribution in [0.4, 0.5) is 5.69 Å². The van der Waals surface area contributed by atoms with Gasteiger partial charge >= 0.3 is 0 Å². The fourth-order valence-corrected chi connectivity index (χ4v) is 2.25. The Hall–Kier alpha value is -2.44. The molecule has 7 nitrogen and oxygen atoms in total. The van der Waals surface area contributed by atoms with Gasteiger partial charge in [0, 0.05) is 30.8 Å². The number of nitrogens with one attached hydrogen (secondary N) is 1. The van der Waals surface area contributed by atoms with E-state index in [1.807, 2.05) is 13.8 Å². The summed E-state index contributed by atoms with van der Waals surface area (Å²) in [7, 11) is 0. The lowest BCUT2D eigenvalue weighted by Gasteiger charge is -2.25. The quantitative estimate of drug-likeness (QED) is 0.587. The number of nitro benzene ring substituents is 1. The smallest absolute Gasteiger partial charge is 0.270 e. The number of non-ortho nitro benzene ring substituents is 1. The molecule has 0 spiro atoms. The molecule has 0 aliphatic heterocycles. The molecule has 1 aromatic carbocycles. The van der Waals surface area contributed by atoms with E-state index in [1.165, 1.54) is 24.3 Å². The van der Waals surface area contributed by atoms with Crippen molar-refractivity contribution in [2.45, 2.75) is 39.7 Å². The molecular formula is C16H23N3O4. The second kappa shape index (κ2) is 8.87. The Morgan fingerprint density at radius 1 is 1.26 bits per heavy atom. The monoisotopic (exact) mass is 321 g/mol. The summed E-state index contributed by atoms with van der Waals surface area (Å²) in [5, 5.41) is 13.4. The maximum absolute atomic E-state index is 12.4. The van der Waals surface area contributed by atoms with Crippen molar-refractivity contribution in [1.82, 2.24) is 10.2 Å². The van der Waals surface area contributed by atoms with Crippen molar-refractivity contribution in [1.29, 1.82) is 0 Å². The summed E-state index contributed by atoms with van der Waals surface area (Å²) in [6.07, 6.45) is 1.69. The zero-order chi connectivity index (χ0) is 17.4. The Morgan fingerprint density at radius 2 is 1.87 bits per heavy atom. The van der Waals surface area contributed by atoms with Crippen LogP contribution >= 0.6 is 0 Å². The van der Waals surface area contributed by atoms with Crippen LogP contribution in [-0.4, -0.2) is 40.8 Å². The van der Waals surface area contributed by atoms with Crippen molar-refractivity contribution in [2.24, 2.45) is 0 Å². The molecule has 1 aromatic rings. The van der Waals surface area contributed by atoms with E-state index in [2.05, 4.69) is 5.32 Å². The molecule has 0 aliphatic rings. The third kappa shape index (κ3) is 5.36. The van der Waals surface area contributed by atoms with Gasteiger partial charge in [-0.05, 0) is 25.8 Å². The molecule has 1 N–H and O–H groups in total. The summed E-state index contributed by atoms with van der Waals surface area (Å²) >= 11 is 0. The van der Waals surface area contributed by atoms with E-state index in [0.29, 0.717) is 13.1 Å². The summed E-state index contributed by atoms with van der Waals surface area (Å²) < 4.78 is 0. The van der Waals surface area contributed by atoms with Gasteiger partial charge in [0.15, 0.2) is 0 Å². The summed E-state index contributed by atoms with van der Waals surface area (Å²) in [4.78, 5) is 36.4. The molecule has 1 rings (SSSR count). The number of carbonyl (C=O) groups excluding carboxylic acids is 2. The van der Waals surface area contributed by atoms with Gasteiger partial charge < -0.3 is 10.2 Å². The van der Waals surface area contributed by atoms with Crippen molar-refractivity contribution in [3.05, 3.63) is 39.9 Å². The average molecular weight is 321 g/mol. The number of carbonyl (C=O) groups is 2. The molecule has 0 radical (unpaired) electrons. The Labute approximate surface area is 135 Å². The Bertz CT molecular complexity index is 568. The second-order valence-electron chi connectivity index (χ2n) is 5.33. The third-order valence-corrected chi connectivity index (χ3v) is 3.34. The standard InChI is InChI=1S/C16H23N3O4/c1-4-9-18(10-5-2)16(21)12(3)17-15(20)13-7-6-8-14(11-13)19(22)23/h6-8,11-12H,4-5,9-10H2,1-3H3,(H,17,20). The van der Waals surface area contributed by atoms with Gasteiger partial charge in [0.1, 0.15) is 6.04 Å². The molecule has 1 atom stereocenters. The van der Waals surface area contributed by atoms with Crippen LogP contribution in [0.2, 0.25) is 0 Å². The maximum Gasteiger partial charge on any atom is 0.270 e. The fraction of sp³-hybridized carbons (Fsp3) is 0.500. The van der Waals surface area contributed by atoms with E-state index >= 15 is 0 Å². The lowest BCUT2D eigenvalue weighted by Crippen LogP contribution is -2.47. The third-order valence-electron chi connectivity index (χ3n) is 3.34. The van der Waals surface area contributed by atoms with E-state index in [0.717, 1.165) is 12.8 Å². The molecule has 0 saturated carbocycles. The van der Waals surface area contributed by atoms with Gasteiger partial charge in [-0.15, -0.1) is 0 Å². The zero-order valence-electron chi connectivity index (χ0n) is 13.7. The fourth-order valence-electron chi connectivity index (χ4n) is 2.25. The Kier molecular flexibility index (Phi) is 7.18. The SMILES string of the molecule is CCCN(CCC)C(=O)C(C)NC(=O)c1cccc([N+](=O)[O-])c1. The number of rotatable bonds is 8. The van der Waals surface area contributed by atoms with Crippen molar-refractivity contribution in [3.63, 3.8) is 0 Å². The number of amides is 2. The molecule has 0 fully saturated rings. The van der Waals surface area contributed by atoms with Crippen LogP contribution < -0.4 is 5.32 Å². The van der Waals surface area contributed by atoms with E-state index in [4.69, 9.17) is 0 Å². The molecule has 7 heteroatoms.